The van der Waals surface area contributed by atoms with Crippen LogP contribution in [0.15, 0.2) is 60.1 Å². The lowest BCUT2D eigenvalue weighted by Gasteiger charge is -2.37. The number of benzene rings is 2. The van der Waals surface area contributed by atoms with Gasteiger partial charge in [0.15, 0.2) is 5.75 Å². The van der Waals surface area contributed by atoms with Crippen molar-refractivity contribution in [3.8, 4) is 16.2 Å². The molecule has 2 aliphatic rings. The summed E-state index contributed by atoms with van der Waals surface area (Å²) in [6.07, 6.45) is 4.98. The van der Waals surface area contributed by atoms with Crippen molar-refractivity contribution >= 4 is 21.4 Å². The summed E-state index contributed by atoms with van der Waals surface area (Å²) >= 11 is 1.36. The van der Waals surface area contributed by atoms with Crippen molar-refractivity contribution in [1.82, 2.24) is 4.90 Å². The number of aryl methyl sites for hydroxylation is 1. The second-order valence-corrected chi connectivity index (χ2v) is 10.9. The molecule has 3 aromatic rings. The molecule has 37 heavy (non-hydrogen) atoms. The smallest absolute Gasteiger partial charge is 0.271 e. The molecular formula is C29H29F4NO2S. The van der Waals surface area contributed by atoms with Crippen LogP contribution in [0.3, 0.4) is 0 Å². The van der Waals surface area contributed by atoms with Gasteiger partial charge in [0, 0.05) is 66.5 Å². The lowest BCUT2D eigenvalue weighted by molar-refractivity contribution is 0.0178. The van der Waals surface area contributed by atoms with E-state index in [0.29, 0.717) is 35.8 Å². The molecule has 0 saturated carbocycles. The van der Waals surface area contributed by atoms with Gasteiger partial charge in [-0.3, -0.25) is 9.29 Å². The summed E-state index contributed by atoms with van der Waals surface area (Å²) in [5.41, 5.74) is 0.945. The van der Waals surface area contributed by atoms with Crippen LogP contribution in [0.25, 0.3) is 20.5 Å². The maximum atomic E-state index is 14.5. The third-order valence-corrected chi connectivity index (χ3v) is 7.92. The van der Waals surface area contributed by atoms with Crippen molar-refractivity contribution in [1.29, 1.82) is 0 Å². The summed E-state index contributed by atoms with van der Waals surface area (Å²) in [6.45, 7) is 5.37. The quantitative estimate of drug-likeness (QED) is 0.261. The van der Waals surface area contributed by atoms with E-state index in [9.17, 15) is 17.6 Å². The second-order valence-electron chi connectivity index (χ2n) is 9.83. The van der Waals surface area contributed by atoms with Crippen LogP contribution in [0.1, 0.15) is 30.9 Å². The molecule has 0 N–H and O–H groups in total. The molecule has 0 spiro atoms. The van der Waals surface area contributed by atoms with Crippen LogP contribution in [0, 0.1) is 18.7 Å². The Labute approximate surface area is 218 Å². The molecule has 5 rings (SSSR count). The van der Waals surface area contributed by atoms with E-state index in [2.05, 4.69) is 4.90 Å². The Morgan fingerprint density at radius 3 is 2.51 bits per heavy atom. The first kappa shape index (κ1) is 25.8. The van der Waals surface area contributed by atoms with Gasteiger partial charge in [-0.25, -0.2) is 13.2 Å². The molecule has 0 amide bonds. The number of hydrogen-bond acceptors (Lipinski definition) is 4. The molecule has 2 aromatic carbocycles. The van der Waals surface area contributed by atoms with Crippen molar-refractivity contribution in [2.75, 3.05) is 32.9 Å². The van der Waals surface area contributed by atoms with E-state index < -0.39 is 11.7 Å². The number of allylic oxidation sites excluding steroid dienone is 4. The Morgan fingerprint density at radius 1 is 1.05 bits per heavy atom. The van der Waals surface area contributed by atoms with Crippen molar-refractivity contribution in [2.45, 2.75) is 32.6 Å². The van der Waals surface area contributed by atoms with Crippen LogP contribution in [0.4, 0.5) is 17.6 Å². The third kappa shape index (κ3) is 5.70. The first-order valence-corrected chi connectivity index (χ1v) is 13.2. The minimum absolute atomic E-state index is 0.160. The maximum absolute atomic E-state index is 14.5. The highest BCUT2D eigenvalue weighted by Gasteiger charge is 2.31. The lowest BCUT2D eigenvalue weighted by Crippen LogP contribution is -2.48. The van der Waals surface area contributed by atoms with Gasteiger partial charge in [0.05, 0.1) is 17.3 Å². The summed E-state index contributed by atoms with van der Waals surface area (Å²) in [5, 5.41) is 0.827. The molecule has 0 bridgehead atoms. The molecule has 196 valence electrons. The number of fused-ring (bicyclic) bond motifs is 1. The molecule has 1 fully saturated rings. The Hall–Kier alpha value is -2.84. The summed E-state index contributed by atoms with van der Waals surface area (Å²) in [5.74, 6) is -1.71. The SMILES string of the molecule is Cc1ccc2c(OC3=CC=C(OCCN4CC(CF)C4)CC3)c(-c3ccc(F)cc3C(C)(F)F)sc2c1. The number of likely N-dealkylation sites (tertiary alicyclic amines) is 1. The minimum atomic E-state index is -3.22. The molecule has 3 nitrogen and oxygen atoms in total. The Bertz CT molecular complexity index is 1350. The van der Waals surface area contributed by atoms with Gasteiger partial charge in [-0.05, 0) is 48.9 Å². The molecule has 0 unspecified atom stereocenters. The standard InChI is InChI=1S/C29H29F4NO2S/c1-18-3-9-24-26(13-18)37-28(23-10-4-20(31)14-25(23)29(2,32)33)27(24)36-22-7-5-21(6-8-22)35-12-11-34-16-19(15-30)17-34/h3-5,7,9-10,13-14,19H,6,8,11-12,15-17H2,1-2H3. The topological polar surface area (TPSA) is 21.7 Å². The van der Waals surface area contributed by atoms with E-state index in [-0.39, 0.29) is 23.7 Å². The van der Waals surface area contributed by atoms with Gasteiger partial charge in [-0.1, -0.05) is 12.1 Å². The van der Waals surface area contributed by atoms with Crippen molar-refractivity contribution in [3.05, 3.63) is 77.0 Å². The molecule has 2 heterocycles. The third-order valence-electron chi connectivity index (χ3n) is 6.75. The number of thiophene rings is 1. The number of nitrogens with zero attached hydrogens (tertiary/aromatic N) is 1. The van der Waals surface area contributed by atoms with E-state index in [1.807, 2.05) is 37.3 Å². The molecule has 0 atom stereocenters. The molecule has 8 heteroatoms. The van der Waals surface area contributed by atoms with Crippen LogP contribution < -0.4 is 4.74 Å². The number of alkyl halides is 3. The molecule has 1 aliphatic carbocycles. The zero-order valence-corrected chi connectivity index (χ0v) is 21.6. The van der Waals surface area contributed by atoms with E-state index in [4.69, 9.17) is 9.47 Å². The van der Waals surface area contributed by atoms with E-state index in [1.165, 1.54) is 23.5 Å². The first-order valence-electron chi connectivity index (χ1n) is 12.4. The molecule has 1 aromatic heterocycles. The highest BCUT2D eigenvalue weighted by Crippen LogP contribution is 2.49. The van der Waals surface area contributed by atoms with Crippen molar-refractivity contribution in [3.63, 3.8) is 0 Å². The van der Waals surface area contributed by atoms with E-state index in [0.717, 1.165) is 54.0 Å². The van der Waals surface area contributed by atoms with Gasteiger partial charge >= 0.3 is 0 Å². The van der Waals surface area contributed by atoms with Gasteiger partial charge in [-0.2, -0.15) is 0 Å². The summed E-state index contributed by atoms with van der Waals surface area (Å²) in [6, 6.07) is 9.40. The number of rotatable bonds is 9. The monoisotopic (exact) mass is 531 g/mol. The van der Waals surface area contributed by atoms with Crippen LogP contribution in [-0.2, 0) is 10.7 Å². The number of hydrogen-bond donors (Lipinski definition) is 0. The normalized spacial score (nSPS) is 16.9. The fraction of sp³-hybridized carbons (Fsp3) is 0.379. The van der Waals surface area contributed by atoms with Crippen LogP contribution in [-0.4, -0.2) is 37.8 Å². The Morgan fingerprint density at radius 2 is 1.81 bits per heavy atom. The zero-order chi connectivity index (χ0) is 26.2. The highest BCUT2D eigenvalue weighted by atomic mass is 32.1. The second kappa shape index (κ2) is 10.5. The zero-order valence-electron chi connectivity index (χ0n) is 20.8. The molecule has 1 saturated heterocycles. The van der Waals surface area contributed by atoms with Gasteiger partial charge in [0.2, 0.25) is 0 Å². The number of ether oxygens (including phenoxy) is 2. The number of halogens is 4. The predicted molar refractivity (Wildman–Crippen MR) is 139 cm³/mol. The maximum Gasteiger partial charge on any atom is 0.271 e. The average Bonchev–Trinajstić information content (AvgIpc) is 3.18. The van der Waals surface area contributed by atoms with Gasteiger partial charge in [0.1, 0.15) is 18.2 Å². The van der Waals surface area contributed by atoms with Gasteiger partial charge in [-0.15, -0.1) is 11.3 Å². The van der Waals surface area contributed by atoms with E-state index in [1.54, 1.807) is 0 Å². The summed E-state index contributed by atoms with van der Waals surface area (Å²) in [4.78, 5) is 2.72. The van der Waals surface area contributed by atoms with Crippen molar-refractivity contribution in [2.24, 2.45) is 5.92 Å². The fourth-order valence-corrected chi connectivity index (χ4v) is 6.00. The first-order chi connectivity index (χ1) is 17.7. The molecular weight excluding hydrogens is 502 g/mol. The van der Waals surface area contributed by atoms with Crippen molar-refractivity contribution < 1.29 is 27.0 Å². The Kier molecular flexibility index (Phi) is 7.32. The highest BCUT2D eigenvalue weighted by molar-refractivity contribution is 7.22. The predicted octanol–water partition coefficient (Wildman–Crippen LogP) is 7.99. The summed E-state index contributed by atoms with van der Waals surface area (Å²) in [7, 11) is 0. The van der Waals surface area contributed by atoms with Gasteiger partial charge in [0.25, 0.3) is 5.92 Å². The summed E-state index contributed by atoms with van der Waals surface area (Å²) < 4.78 is 68.7. The average molecular weight is 532 g/mol. The lowest BCUT2D eigenvalue weighted by atomic mass is 10.00. The molecule has 1 aliphatic heterocycles. The fourth-order valence-electron chi connectivity index (χ4n) is 4.73. The van der Waals surface area contributed by atoms with E-state index >= 15 is 0 Å². The van der Waals surface area contributed by atoms with Gasteiger partial charge < -0.3 is 9.47 Å². The van der Waals surface area contributed by atoms with Crippen LogP contribution in [0.5, 0.6) is 5.75 Å². The van der Waals surface area contributed by atoms with Crippen LogP contribution >= 0.6 is 11.3 Å². The molecule has 0 radical (unpaired) electrons. The van der Waals surface area contributed by atoms with Crippen LogP contribution in [0.2, 0.25) is 0 Å². The Balaban J connectivity index is 1.39. The largest absolute Gasteiger partial charge is 0.497 e. The minimum Gasteiger partial charge on any atom is -0.497 e.